The summed E-state index contributed by atoms with van der Waals surface area (Å²) in [5.74, 6) is 0.679. The second kappa shape index (κ2) is 9.20. The van der Waals surface area contributed by atoms with Crippen LogP contribution in [0.3, 0.4) is 0 Å². The van der Waals surface area contributed by atoms with Crippen LogP contribution >= 0.6 is 11.6 Å². The van der Waals surface area contributed by atoms with Crippen molar-refractivity contribution in [2.75, 3.05) is 0 Å². The average molecular weight is 381 g/mol. The first-order chi connectivity index (χ1) is 13.2. The number of ether oxygens (including phenoxy) is 1. The Kier molecular flexibility index (Phi) is 6.45. The van der Waals surface area contributed by atoms with Gasteiger partial charge in [-0.25, -0.2) is 9.97 Å². The van der Waals surface area contributed by atoms with E-state index in [4.69, 9.17) is 16.3 Å². The lowest BCUT2D eigenvalue weighted by Gasteiger charge is -2.22. The SMILES string of the molecule is CCCCC(c1cc(C#N)ncc1OCc1ccc(Cl)cc1)n1ccnc1. The zero-order valence-electron chi connectivity index (χ0n) is 15.2. The van der Waals surface area contributed by atoms with E-state index in [0.717, 1.165) is 30.4 Å². The van der Waals surface area contributed by atoms with Gasteiger partial charge >= 0.3 is 0 Å². The predicted octanol–water partition coefficient (Wildman–Crippen LogP) is 5.16. The van der Waals surface area contributed by atoms with Crippen LogP contribution in [-0.4, -0.2) is 14.5 Å². The van der Waals surface area contributed by atoms with Gasteiger partial charge in [0.05, 0.1) is 18.6 Å². The summed E-state index contributed by atoms with van der Waals surface area (Å²) < 4.78 is 8.13. The van der Waals surface area contributed by atoms with E-state index in [9.17, 15) is 5.26 Å². The summed E-state index contributed by atoms with van der Waals surface area (Å²) in [4.78, 5) is 8.38. The first-order valence-corrected chi connectivity index (χ1v) is 9.33. The fraction of sp³-hybridized carbons (Fsp3) is 0.286. The van der Waals surface area contributed by atoms with Crippen molar-refractivity contribution < 1.29 is 4.74 Å². The summed E-state index contributed by atoms with van der Waals surface area (Å²) in [6, 6.07) is 11.5. The molecule has 2 heterocycles. The number of unbranched alkanes of at least 4 members (excludes halogenated alkanes) is 1. The van der Waals surface area contributed by atoms with Crippen LogP contribution in [0.5, 0.6) is 5.75 Å². The Labute approximate surface area is 164 Å². The van der Waals surface area contributed by atoms with Gasteiger partial charge in [0.25, 0.3) is 0 Å². The molecule has 27 heavy (non-hydrogen) atoms. The van der Waals surface area contributed by atoms with Gasteiger partial charge in [0, 0.05) is 23.0 Å². The van der Waals surface area contributed by atoms with E-state index in [1.165, 1.54) is 0 Å². The zero-order chi connectivity index (χ0) is 19.1. The maximum atomic E-state index is 9.29. The number of halogens is 1. The van der Waals surface area contributed by atoms with Crippen LogP contribution in [0.2, 0.25) is 5.02 Å². The minimum absolute atomic E-state index is 0.0442. The van der Waals surface area contributed by atoms with Crippen LogP contribution in [0, 0.1) is 11.3 Å². The van der Waals surface area contributed by atoms with Crippen molar-refractivity contribution in [3.05, 3.63) is 77.1 Å². The van der Waals surface area contributed by atoms with Gasteiger partial charge in [-0.2, -0.15) is 5.26 Å². The molecule has 6 heteroatoms. The molecule has 0 radical (unpaired) electrons. The lowest BCUT2D eigenvalue weighted by Crippen LogP contribution is -2.12. The summed E-state index contributed by atoms with van der Waals surface area (Å²) in [7, 11) is 0. The standard InChI is InChI=1S/C21H21ClN4O/c1-2-3-4-20(26-10-9-24-15-26)19-11-18(12-23)25-13-21(19)27-14-16-5-7-17(22)8-6-16/h5-11,13,15,20H,2-4,14H2,1H3. The van der Waals surface area contributed by atoms with Gasteiger partial charge in [0.15, 0.2) is 0 Å². The number of imidazole rings is 1. The number of nitriles is 1. The van der Waals surface area contributed by atoms with E-state index < -0.39 is 0 Å². The number of hydrogen-bond donors (Lipinski definition) is 0. The first-order valence-electron chi connectivity index (χ1n) is 8.96. The molecule has 0 aliphatic heterocycles. The summed E-state index contributed by atoms with van der Waals surface area (Å²) >= 11 is 5.94. The maximum absolute atomic E-state index is 9.29. The highest BCUT2D eigenvalue weighted by Crippen LogP contribution is 2.32. The molecule has 0 aliphatic rings. The van der Waals surface area contributed by atoms with Crippen molar-refractivity contribution in [2.45, 2.75) is 38.8 Å². The molecule has 0 spiro atoms. The minimum Gasteiger partial charge on any atom is -0.487 e. The number of hydrogen-bond acceptors (Lipinski definition) is 4. The third-order valence-electron chi connectivity index (χ3n) is 4.39. The Morgan fingerprint density at radius 3 is 2.78 bits per heavy atom. The predicted molar refractivity (Wildman–Crippen MR) is 105 cm³/mol. The number of rotatable bonds is 8. The van der Waals surface area contributed by atoms with Crippen molar-refractivity contribution in [3.8, 4) is 11.8 Å². The van der Waals surface area contributed by atoms with Gasteiger partial charge in [-0.1, -0.05) is 43.5 Å². The molecule has 0 fully saturated rings. The number of aromatic nitrogens is 3. The second-order valence-electron chi connectivity index (χ2n) is 6.30. The van der Waals surface area contributed by atoms with E-state index in [0.29, 0.717) is 23.1 Å². The van der Waals surface area contributed by atoms with Crippen LogP contribution < -0.4 is 4.74 Å². The van der Waals surface area contributed by atoms with Gasteiger partial charge < -0.3 is 9.30 Å². The molecule has 3 aromatic rings. The molecular weight excluding hydrogens is 360 g/mol. The highest BCUT2D eigenvalue weighted by atomic mass is 35.5. The quantitative estimate of drug-likeness (QED) is 0.541. The number of benzene rings is 1. The molecule has 0 bridgehead atoms. The van der Waals surface area contributed by atoms with E-state index in [1.54, 1.807) is 18.7 Å². The van der Waals surface area contributed by atoms with Crippen LogP contribution in [0.15, 0.2) is 55.2 Å². The molecule has 138 valence electrons. The molecule has 1 unspecified atom stereocenters. The molecular formula is C21H21ClN4O. The highest BCUT2D eigenvalue weighted by Gasteiger charge is 2.19. The normalized spacial score (nSPS) is 11.7. The summed E-state index contributed by atoms with van der Waals surface area (Å²) in [6.45, 7) is 2.57. The third-order valence-corrected chi connectivity index (χ3v) is 4.65. The Hall–Kier alpha value is -2.84. The molecule has 0 aliphatic carbocycles. The van der Waals surface area contributed by atoms with Crippen LogP contribution in [0.4, 0.5) is 0 Å². The Bertz CT molecular complexity index is 901. The number of nitrogens with zero attached hydrogens (tertiary/aromatic N) is 4. The monoisotopic (exact) mass is 380 g/mol. The topological polar surface area (TPSA) is 63.7 Å². The van der Waals surface area contributed by atoms with Gasteiger partial charge in [-0.15, -0.1) is 0 Å². The minimum atomic E-state index is 0.0442. The first kappa shape index (κ1) is 18.9. The third kappa shape index (κ3) is 4.87. The van der Waals surface area contributed by atoms with E-state index >= 15 is 0 Å². The fourth-order valence-corrected chi connectivity index (χ4v) is 3.08. The zero-order valence-corrected chi connectivity index (χ0v) is 15.9. The fourth-order valence-electron chi connectivity index (χ4n) is 2.96. The Morgan fingerprint density at radius 2 is 2.11 bits per heavy atom. The van der Waals surface area contributed by atoms with E-state index in [2.05, 4.69) is 27.5 Å². The highest BCUT2D eigenvalue weighted by molar-refractivity contribution is 6.30. The van der Waals surface area contributed by atoms with Gasteiger partial charge in [0.2, 0.25) is 0 Å². The second-order valence-corrected chi connectivity index (χ2v) is 6.74. The van der Waals surface area contributed by atoms with E-state index in [1.807, 2.05) is 36.5 Å². The summed E-state index contributed by atoms with van der Waals surface area (Å²) in [6.07, 6.45) is 10.2. The molecule has 0 saturated carbocycles. The summed E-state index contributed by atoms with van der Waals surface area (Å²) in [5.41, 5.74) is 2.34. The molecule has 2 aromatic heterocycles. The van der Waals surface area contributed by atoms with Crippen molar-refractivity contribution in [1.82, 2.24) is 14.5 Å². The molecule has 5 nitrogen and oxygen atoms in total. The van der Waals surface area contributed by atoms with Crippen molar-refractivity contribution in [3.63, 3.8) is 0 Å². The molecule has 3 rings (SSSR count). The largest absolute Gasteiger partial charge is 0.487 e. The maximum Gasteiger partial charge on any atom is 0.143 e. The van der Waals surface area contributed by atoms with E-state index in [-0.39, 0.29) is 6.04 Å². The smallest absolute Gasteiger partial charge is 0.143 e. The average Bonchev–Trinajstić information content (AvgIpc) is 3.23. The molecule has 0 saturated heterocycles. The van der Waals surface area contributed by atoms with Crippen molar-refractivity contribution in [2.24, 2.45) is 0 Å². The van der Waals surface area contributed by atoms with Crippen molar-refractivity contribution in [1.29, 1.82) is 5.26 Å². The Balaban J connectivity index is 1.91. The number of pyridine rings is 1. The molecule has 0 N–H and O–H groups in total. The van der Waals surface area contributed by atoms with Crippen LogP contribution in [-0.2, 0) is 6.61 Å². The summed E-state index contributed by atoms with van der Waals surface area (Å²) in [5, 5.41) is 9.98. The molecule has 0 amide bonds. The van der Waals surface area contributed by atoms with Gasteiger partial charge in [0.1, 0.15) is 24.1 Å². The molecule has 1 atom stereocenters. The van der Waals surface area contributed by atoms with Crippen LogP contribution in [0.25, 0.3) is 0 Å². The lowest BCUT2D eigenvalue weighted by molar-refractivity contribution is 0.297. The molecule has 1 aromatic carbocycles. The lowest BCUT2D eigenvalue weighted by atomic mass is 10.00. The van der Waals surface area contributed by atoms with Crippen LogP contribution in [0.1, 0.15) is 49.0 Å². The van der Waals surface area contributed by atoms with Gasteiger partial charge in [-0.05, 0) is 30.2 Å². The Morgan fingerprint density at radius 1 is 1.30 bits per heavy atom. The van der Waals surface area contributed by atoms with Gasteiger partial charge in [-0.3, -0.25) is 0 Å². The van der Waals surface area contributed by atoms with Crippen molar-refractivity contribution >= 4 is 11.6 Å².